The number of anilines is 2. The third-order valence-electron chi connectivity index (χ3n) is 3.03. The minimum Gasteiger partial charge on any atom is -0.397 e. The van der Waals surface area contributed by atoms with Crippen LogP contribution in [0.5, 0.6) is 0 Å². The molecule has 1 aliphatic rings. The number of non-ortho nitro benzene ring substituents is 1. The Bertz CT molecular complexity index is 430. The molecule has 17 heavy (non-hydrogen) atoms. The Morgan fingerprint density at radius 1 is 1.53 bits per heavy atom. The number of nitrogens with one attached hydrogen (secondary N) is 1. The minimum absolute atomic E-state index is 0.0106. The molecule has 92 valence electrons. The number of nitro groups is 1. The SMILES string of the molecule is COC1CC(Nc2ccc([N+](=O)[O-])cc2N)C1. The van der Waals surface area contributed by atoms with Crippen LogP contribution in [0.3, 0.4) is 0 Å². The molecule has 2 rings (SSSR count). The van der Waals surface area contributed by atoms with Gasteiger partial charge in [-0.2, -0.15) is 0 Å². The lowest BCUT2D eigenvalue weighted by atomic mass is 9.89. The van der Waals surface area contributed by atoms with Crippen molar-refractivity contribution in [3.05, 3.63) is 28.3 Å². The Balaban J connectivity index is 2.00. The molecule has 1 aromatic rings. The molecule has 0 saturated heterocycles. The van der Waals surface area contributed by atoms with Crippen molar-refractivity contribution < 1.29 is 9.66 Å². The second-order valence-corrected chi connectivity index (χ2v) is 4.20. The van der Waals surface area contributed by atoms with Gasteiger partial charge in [-0.1, -0.05) is 0 Å². The van der Waals surface area contributed by atoms with Gasteiger partial charge in [0.2, 0.25) is 0 Å². The van der Waals surface area contributed by atoms with Gasteiger partial charge in [0, 0.05) is 25.3 Å². The van der Waals surface area contributed by atoms with Crippen molar-refractivity contribution in [1.29, 1.82) is 0 Å². The van der Waals surface area contributed by atoms with Crippen molar-refractivity contribution in [2.75, 3.05) is 18.2 Å². The predicted molar refractivity (Wildman–Crippen MR) is 65.0 cm³/mol. The number of nitro benzene ring substituents is 1. The van der Waals surface area contributed by atoms with Gasteiger partial charge in [-0.05, 0) is 18.9 Å². The average molecular weight is 237 g/mol. The van der Waals surface area contributed by atoms with Crippen molar-refractivity contribution in [3.8, 4) is 0 Å². The number of ether oxygens (including phenoxy) is 1. The normalized spacial score (nSPS) is 22.9. The molecule has 0 spiro atoms. The second kappa shape index (κ2) is 4.58. The number of nitrogen functional groups attached to an aromatic ring is 1. The first-order chi connectivity index (χ1) is 8.10. The molecule has 6 heteroatoms. The summed E-state index contributed by atoms with van der Waals surface area (Å²) in [5.41, 5.74) is 6.91. The first-order valence-electron chi connectivity index (χ1n) is 5.43. The number of rotatable bonds is 4. The fourth-order valence-corrected chi connectivity index (χ4v) is 1.89. The van der Waals surface area contributed by atoms with Gasteiger partial charge in [0.15, 0.2) is 0 Å². The number of nitrogens with zero attached hydrogens (tertiary/aromatic N) is 1. The third-order valence-corrected chi connectivity index (χ3v) is 3.03. The zero-order valence-corrected chi connectivity index (χ0v) is 9.55. The van der Waals surface area contributed by atoms with Crippen LogP contribution in [0.25, 0.3) is 0 Å². The van der Waals surface area contributed by atoms with Gasteiger partial charge in [0.25, 0.3) is 5.69 Å². The Kier molecular flexibility index (Phi) is 3.14. The zero-order chi connectivity index (χ0) is 12.4. The van der Waals surface area contributed by atoms with Crippen LogP contribution < -0.4 is 11.1 Å². The van der Waals surface area contributed by atoms with Crippen LogP contribution in [0.4, 0.5) is 17.1 Å². The van der Waals surface area contributed by atoms with Crippen LogP contribution >= 0.6 is 0 Å². The van der Waals surface area contributed by atoms with Crippen LogP contribution in [-0.4, -0.2) is 24.2 Å². The van der Waals surface area contributed by atoms with Gasteiger partial charge < -0.3 is 15.8 Å². The summed E-state index contributed by atoms with van der Waals surface area (Å²) in [6.45, 7) is 0. The monoisotopic (exact) mass is 237 g/mol. The standard InChI is InChI=1S/C11H15N3O3/c1-17-9-4-7(5-9)13-11-3-2-8(14(15)16)6-10(11)12/h2-3,6-7,9,13H,4-5,12H2,1H3. The Labute approximate surface area is 98.9 Å². The molecule has 0 aromatic heterocycles. The smallest absolute Gasteiger partial charge is 0.271 e. The average Bonchev–Trinajstić information content (AvgIpc) is 2.24. The molecule has 1 aliphatic carbocycles. The van der Waals surface area contributed by atoms with E-state index in [0.717, 1.165) is 18.5 Å². The summed E-state index contributed by atoms with van der Waals surface area (Å²) >= 11 is 0. The lowest BCUT2D eigenvalue weighted by Crippen LogP contribution is -2.40. The van der Waals surface area contributed by atoms with E-state index < -0.39 is 4.92 Å². The largest absolute Gasteiger partial charge is 0.397 e. The molecule has 0 bridgehead atoms. The number of benzene rings is 1. The Morgan fingerprint density at radius 3 is 2.76 bits per heavy atom. The van der Waals surface area contributed by atoms with Crippen molar-refractivity contribution in [1.82, 2.24) is 0 Å². The molecule has 0 radical (unpaired) electrons. The molecular weight excluding hydrogens is 222 g/mol. The summed E-state index contributed by atoms with van der Waals surface area (Å²) in [7, 11) is 1.70. The molecule has 0 unspecified atom stereocenters. The van der Waals surface area contributed by atoms with Crippen molar-refractivity contribution in [3.63, 3.8) is 0 Å². The highest BCUT2D eigenvalue weighted by Gasteiger charge is 2.29. The van der Waals surface area contributed by atoms with E-state index in [-0.39, 0.29) is 5.69 Å². The first kappa shape index (κ1) is 11.7. The van der Waals surface area contributed by atoms with Crippen molar-refractivity contribution >= 4 is 17.1 Å². The van der Waals surface area contributed by atoms with Crippen molar-refractivity contribution in [2.45, 2.75) is 25.0 Å². The molecule has 1 saturated carbocycles. The number of methoxy groups -OCH3 is 1. The van der Waals surface area contributed by atoms with Gasteiger partial charge in [-0.3, -0.25) is 10.1 Å². The predicted octanol–water partition coefficient (Wildman–Crippen LogP) is 1.77. The highest BCUT2D eigenvalue weighted by Crippen LogP contribution is 2.30. The van der Waals surface area contributed by atoms with Crippen molar-refractivity contribution in [2.24, 2.45) is 0 Å². The Morgan fingerprint density at radius 2 is 2.24 bits per heavy atom. The molecular formula is C11H15N3O3. The topological polar surface area (TPSA) is 90.4 Å². The van der Waals surface area contributed by atoms with E-state index in [9.17, 15) is 10.1 Å². The van der Waals surface area contributed by atoms with Crippen LogP contribution in [0, 0.1) is 10.1 Å². The van der Waals surface area contributed by atoms with E-state index in [4.69, 9.17) is 10.5 Å². The fourth-order valence-electron chi connectivity index (χ4n) is 1.89. The summed E-state index contributed by atoms with van der Waals surface area (Å²) < 4.78 is 5.17. The highest BCUT2D eigenvalue weighted by molar-refractivity contribution is 5.69. The van der Waals surface area contributed by atoms with E-state index in [0.29, 0.717) is 17.8 Å². The molecule has 3 N–H and O–H groups in total. The van der Waals surface area contributed by atoms with Crippen LogP contribution in [0.15, 0.2) is 18.2 Å². The Hall–Kier alpha value is -1.82. The lowest BCUT2D eigenvalue weighted by molar-refractivity contribution is -0.384. The first-order valence-corrected chi connectivity index (χ1v) is 5.43. The summed E-state index contributed by atoms with van der Waals surface area (Å²) in [6, 6.07) is 4.80. The van der Waals surface area contributed by atoms with E-state index in [1.165, 1.54) is 12.1 Å². The van der Waals surface area contributed by atoms with E-state index in [1.54, 1.807) is 13.2 Å². The molecule has 6 nitrogen and oxygen atoms in total. The lowest BCUT2D eigenvalue weighted by Gasteiger charge is -2.35. The fraction of sp³-hybridized carbons (Fsp3) is 0.455. The molecule has 0 atom stereocenters. The van der Waals surface area contributed by atoms with E-state index in [2.05, 4.69) is 5.32 Å². The molecule has 1 aromatic carbocycles. The maximum absolute atomic E-state index is 10.5. The summed E-state index contributed by atoms with van der Waals surface area (Å²) in [5, 5.41) is 13.8. The molecule has 0 amide bonds. The number of nitrogens with two attached hydrogens (primary N) is 1. The third kappa shape index (κ3) is 2.47. The number of hydrogen-bond donors (Lipinski definition) is 2. The van der Waals surface area contributed by atoms with E-state index in [1.807, 2.05) is 0 Å². The quantitative estimate of drug-likeness (QED) is 0.473. The molecule has 0 heterocycles. The highest BCUT2D eigenvalue weighted by atomic mass is 16.6. The maximum atomic E-state index is 10.5. The van der Waals surface area contributed by atoms with Gasteiger partial charge in [0.1, 0.15) is 0 Å². The summed E-state index contributed by atoms with van der Waals surface area (Å²) in [6.07, 6.45) is 2.19. The minimum atomic E-state index is -0.454. The van der Waals surface area contributed by atoms with Crippen LogP contribution in [-0.2, 0) is 4.74 Å². The molecule has 1 fully saturated rings. The molecule has 0 aliphatic heterocycles. The van der Waals surface area contributed by atoms with E-state index >= 15 is 0 Å². The number of hydrogen-bond acceptors (Lipinski definition) is 5. The maximum Gasteiger partial charge on any atom is 0.271 e. The van der Waals surface area contributed by atoms with Gasteiger partial charge in [-0.15, -0.1) is 0 Å². The van der Waals surface area contributed by atoms with Gasteiger partial charge in [0.05, 0.1) is 22.4 Å². The van der Waals surface area contributed by atoms with Gasteiger partial charge in [-0.25, -0.2) is 0 Å². The second-order valence-electron chi connectivity index (χ2n) is 4.20. The summed E-state index contributed by atoms with van der Waals surface area (Å²) in [4.78, 5) is 10.1. The van der Waals surface area contributed by atoms with Crippen LogP contribution in [0.1, 0.15) is 12.8 Å². The van der Waals surface area contributed by atoms with Crippen LogP contribution in [0.2, 0.25) is 0 Å². The summed E-state index contributed by atoms with van der Waals surface area (Å²) in [5.74, 6) is 0. The zero-order valence-electron chi connectivity index (χ0n) is 9.55. The van der Waals surface area contributed by atoms with Gasteiger partial charge >= 0.3 is 0 Å².